The maximum absolute atomic E-state index is 13.0. The van der Waals surface area contributed by atoms with Crippen LogP contribution in [0.15, 0.2) is 24.3 Å². The van der Waals surface area contributed by atoms with Crippen molar-refractivity contribution in [2.75, 3.05) is 39.6 Å². The Labute approximate surface area is 529 Å². The van der Waals surface area contributed by atoms with Gasteiger partial charge in [0, 0.05) is 25.7 Å². The van der Waals surface area contributed by atoms with Gasteiger partial charge in [0.1, 0.15) is 19.3 Å². The first-order valence-corrected chi connectivity index (χ1v) is 37.7. The number of carbonyl (C=O) groups is 4. The Morgan fingerprint density at radius 3 is 1.02 bits per heavy atom. The van der Waals surface area contributed by atoms with Crippen LogP contribution in [0.25, 0.3) is 0 Å². The molecule has 0 aliphatic rings. The standard InChI is InChI=1S/C68H128O17P2/c1-8-10-11-12-13-14-15-16-17-18-19-20-29-37-44-51-67(72)84-63(56-79-66(71)50-43-36-30-23-25-32-39-46-59(3)4)57-82-86(74,75)80-53-62(69)54-81-87(76,77)83-58-64(85-68(73)52-45-38-31-24-26-33-40-47-60(5)6)55-78-65(70)49-42-35-28-22-21-27-34-41-48-61(7)9-2/h14-17,59-64,69H,8-13,18-58H2,1-7H3,(H,74,75)(H,76,77)/b15-14-,17-16-/t61?,62?,63-,64-/m1/s1. The highest BCUT2D eigenvalue weighted by Gasteiger charge is 2.30. The van der Waals surface area contributed by atoms with E-state index >= 15 is 0 Å². The number of allylic oxidation sites excluding steroid dienone is 4. The van der Waals surface area contributed by atoms with Crippen molar-refractivity contribution in [3.63, 3.8) is 0 Å². The van der Waals surface area contributed by atoms with Gasteiger partial charge in [0.25, 0.3) is 0 Å². The molecule has 0 saturated heterocycles. The normalized spacial score (nSPS) is 14.8. The van der Waals surface area contributed by atoms with Crippen LogP contribution in [0.5, 0.6) is 0 Å². The quantitative estimate of drug-likeness (QED) is 0.0169. The number of hydrogen-bond donors (Lipinski definition) is 3. The fourth-order valence-electron chi connectivity index (χ4n) is 9.61. The smallest absolute Gasteiger partial charge is 0.462 e. The fourth-order valence-corrected chi connectivity index (χ4v) is 11.2. The number of aliphatic hydroxyl groups is 1. The third-order valence-electron chi connectivity index (χ3n) is 15.4. The van der Waals surface area contributed by atoms with Crippen LogP contribution in [-0.4, -0.2) is 96.7 Å². The van der Waals surface area contributed by atoms with Crippen LogP contribution in [0.2, 0.25) is 0 Å². The monoisotopic (exact) mass is 1280 g/mol. The van der Waals surface area contributed by atoms with E-state index in [0.717, 1.165) is 115 Å². The molecular formula is C68H128O17P2. The minimum absolute atomic E-state index is 0.0836. The first kappa shape index (κ1) is 84.5. The maximum atomic E-state index is 13.0. The number of phosphoric ester groups is 2. The summed E-state index contributed by atoms with van der Waals surface area (Å²) in [6.45, 7) is 11.6. The predicted octanol–water partition coefficient (Wildman–Crippen LogP) is 18.6. The number of esters is 4. The Morgan fingerprint density at radius 2 is 0.678 bits per heavy atom. The number of ether oxygens (including phenoxy) is 4. The van der Waals surface area contributed by atoms with Crippen LogP contribution in [-0.2, 0) is 65.4 Å². The van der Waals surface area contributed by atoms with E-state index in [1.54, 1.807) is 0 Å². The van der Waals surface area contributed by atoms with Gasteiger partial charge in [-0.25, -0.2) is 9.13 Å². The fraction of sp³-hybridized carbons (Fsp3) is 0.882. The summed E-state index contributed by atoms with van der Waals surface area (Å²) in [7, 11) is -9.91. The van der Waals surface area contributed by atoms with E-state index in [1.807, 2.05) is 0 Å². The van der Waals surface area contributed by atoms with E-state index < -0.39 is 97.5 Å². The summed E-state index contributed by atoms with van der Waals surface area (Å²) < 4.78 is 68.1. The second kappa shape index (κ2) is 58.6. The van der Waals surface area contributed by atoms with Gasteiger partial charge in [-0.15, -0.1) is 0 Å². The van der Waals surface area contributed by atoms with Gasteiger partial charge in [-0.3, -0.25) is 37.3 Å². The van der Waals surface area contributed by atoms with E-state index in [2.05, 4.69) is 72.8 Å². The third kappa shape index (κ3) is 60.9. The van der Waals surface area contributed by atoms with E-state index in [0.29, 0.717) is 37.5 Å². The molecule has 17 nitrogen and oxygen atoms in total. The molecule has 4 unspecified atom stereocenters. The molecule has 0 aromatic rings. The summed E-state index contributed by atoms with van der Waals surface area (Å²) in [5.74, 6) is 0.00781. The molecule has 0 aromatic heterocycles. The van der Waals surface area contributed by atoms with Crippen molar-refractivity contribution in [3.05, 3.63) is 24.3 Å². The molecule has 0 amide bonds. The zero-order valence-electron chi connectivity index (χ0n) is 56.0. The zero-order valence-corrected chi connectivity index (χ0v) is 57.7. The van der Waals surface area contributed by atoms with Crippen molar-refractivity contribution in [2.24, 2.45) is 17.8 Å². The lowest BCUT2D eigenvalue weighted by Crippen LogP contribution is -2.30. The Hall–Kier alpha value is -2.46. The average Bonchev–Trinajstić information content (AvgIpc) is 3.51. The van der Waals surface area contributed by atoms with Crippen LogP contribution in [0.3, 0.4) is 0 Å². The number of aliphatic hydroxyl groups excluding tert-OH is 1. The van der Waals surface area contributed by atoms with E-state index in [4.69, 9.17) is 37.0 Å². The van der Waals surface area contributed by atoms with Crippen molar-refractivity contribution in [2.45, 2.75) is 330 Å². The van der Waals surface area contributed by atoms with Gasteiger partial charge in [-0.2, -0.15) is 0 Å². The Bertz CT molecular complexity index is 1810. The van der Waals surface area contributed by atoms with Gasteiger partial charge in [-0.1, -0.05) is 259 Å². The van der Waals surface area contributed by atoms with Crippen LogP contribution in [0, 0.1) is 17.8 Å². The minimum Gasteiger partial charge on any atom is -0.462 e. The molecule has 0 aromatic carbocycles. The van der Waals surface area contributed by atoms with Crippen molar-refractivity contribution in [1.82, 2.24) is 0 Å². The first-order chi connectivity index (χ1) is 41.8. The lowest BCUT2D eigenvalue weighted by Gasteiger charge is -2.21. The molecule has 0 fully saturated rings. The number of carbonyl (C=O) groups excluding carboxylic acids is 4. The second-order valence-electron chi connectivity index (χ2n) is 25.1. The zero-order chi connectivity index (χ0) is 64.5. The van der Waals surface area contributed by atoms with Crippen molar-refractivity contribution >= 4 is 39.5 Å². The molecule has 0 spiro atoms. The molecule has 0 aliphatic carbocycles. The highest BCUT2D eigenvalue weighted by Crippen LogP contribution is 2.45. The number of phosphoric acid groups is 2. The van der Waals surface area contributed by atoms with Crippen molar-refractivity contribution < 1.29 is 80.2 Å². The number of unbranched alkanes of at least 4 members (excludes halogenated alkanes) is 28. The topological polar surface area (TPSA) is 237 Å². The molecule has 3 N–H and O–H groups in total. The van der Waals surface area contributed by atoms with Gasteiger partial charge in [0.05, 0.1) is 26.4 Å². The van der Waals surface area contributed by atoms with Crippen LogP contribution >= 0.6 is 15.6 Å². The second-order valence-corrected chi connectivity index (χ2v) is 28.0. The van der Waals surface area contributed by atoms with Crippen molar-refractivity contribution in [3.8, 4) is 0 Å². The lowest BCUT2D eigenvalue weighted by molar-refractivity contribution is -0.161. The molecule has 0 bridgehead atoms. The van der Waals surface area contributed by atoms with E-state index in [-0.39, 0.29) is 25.7 Å². The minimum atomic E-state index is -4.96. The van der Waals surface area contributed by atoms with Crippen molar-refractivity contribution in [1.29, 1.82) is 0 Å². The Morgan fingerprint density at radius 1 is 0.379 bits per heavy atom. The maximum Gasteiger partial charge on any atom is 0.472 e. The molecule has 87 heavy (non-hydrogen) atoms. The summed E-state index contributed by atoms with van der Waals surface area (Å²) in [4.78, 5) is 72.4. The van der Waals surface area contributed by atoms with Gasteiger partial charge in [0.2, 0.25) is 0 Å². The van der Waals surface area contributed by atoms with Gasteiger partial charge < -0.3 is 33.8 Å². The third-order valence-corrected chi connectivity index (χ3v) is 17.3. The predicted molar refractivity (Wildman–Crippen MR) is 349 cm³/mol. The molecular weight excluding hydrogens is 1150 g/mol. The Kier molecular flexibility index (Phi) is 57.0. The van der Waals surface area contributed by atoms with Gasteiger partial charge in [-0.05, 0) is 69.1 Å². The van der Waals surface area contributed by atoms with E-state index in [9.17, 15) is 43.2 Å². The summed E-state index contributed by atoms with van der Waals surface area (Å²) >= 11 is 0. The summed E-state index contributed by atoms with van der Waals surface area (Å²) in [6.07, 6.45) is 44.0. The van der Waals surface area contributed by atoms with Crippen LogP contribution in [0.1, 0.15) is 312 Å². The number of rotatable bonds is 64. The molecule has 6 atom stereocenters. The molecule has 0 aliphatic heterocycles. The van der Waals surface area contributed by atoms with E-state index in [1.165, 1.54) is 103 Å². The molecule has 512 valence electrons. The number of hydrogen-bond acceptors (Lipinski definition) is 15. The SMILES string of the molecule is CCCCCC/C=C\C=C/CCCCCCCC(=O)O[C@H](COC(=O)CCCCCCCCCC(C)C)COP(=O)(O)OCC(O)COP(=O)(O)OC[C@@H](COC(=O)CCCCCCCCCCC(C)CC)OC(=O)CCCCCCCCCC(C)C. The Balaban J connectivity index is 5.28. The van der Waals surface area contributed by atoms with Gasteiger partial charge >= 0.3 is 39.5 Å². The summed E-state index contributed by atoms with van der Waals surface area (Å²) in [5.41, 5.74) is 0. The first-order valence-electron chi connectivity index (χ1n) is 34.7. The lowest BCUT2D eigenvalue weighted by atomic mass is 9.99. The molecule has 0 heterocycles. The van der Waals surface area contributed by atoms with Crippen LogP contribution in [0.4, 0.5) is 0 Å². The highest BCUT2D eigenvalue weighted by molar-refractivity contribution is 7.47. The van der Waals surface area contributed by atoms with Gasteiger partial charge in [0.15, 0.2) is 12.2 Å². The summed E-state index contributed by atoms with van der Waals surface area (Å²) in [5, 5.41) is 10.6. The molecule has 0 rings (SSSR count). The summed E-state index contributed by atoms with van der Waals surface area (Å²) in [6, 6.07) is 0. The average molecular weight is 1280 g/mol. The van der Waals surface area contributed by atoms with Crippen LogP contribution < -0.4 is 0 Å². The largest absolute Gasteiger partial charge is 0.472 e. The molecule has 0 radical (unpaired) electrons. The molecule has 0 saturated carbocycles. The molecule has 19 heteroatoms. The highest BCUT2D eigenvalue weighted by atomic mass is 31.2.